The summed E-state index contributed by atoms with van der Waals surface area (Å²) in [6, 6.07) is 10.6. The second-order valence-electron chi connectivity index (χ2n) is 4.98. The minimum absolute atomic E-state index is 0.116. The molecule has 126 valence electrons. The third-order valence-corrected chi connectivity index (χ3v) is 3.56. The molecule has 0 aliphatic carbocycles. The minimum atomic E-state index is -0.591. The van der Waals surface area contributed by atoms with Gasteiger partial charge in [-0.1, -0.05) is 11.6 Å². The molecule has 0 fully saturated rings. The lowest BCUT2D eigenvalue weighted by Gasteiger charge is -2.21. The first-order valence-corrected chi connectivity index (χ1v) is 7.45. The fourth-order valence-electron chi connectivity index (χ4n) is 2.06. The van der Waals surface area contributed by atoms with Crippen LogP contribution in [0.25, 0.3) is 0 Å². The van der Waals surface area contributed by atoms with E-state index in [9.17, 15) is 14.0 Å². The van der Waals surface area contributed by atoms with Crippen molar-refractivity contribution in [2.45, 2.75) is 6.92 Å². The van der Waals surface area contributed by atoms with Gasteiger partial charge in [-0.3, -0.25) is 9.59 Å². The molecule has 0 aliphatic heterocycles. The summed E-state index contributed by atoms with van der Waals surface area (Å²) < 4.78 is 18.3. The van der Waals surface area contributed by atoms with Gasteiger partial charge >= 0.3 is 0 Å². The average Bonchev–Trinajstić information content (AvgIpc) is 2.56. The van der Waals surface area contributed by atoms with Crippen LogP contribution in [0.2, 0.25) is 5.02 Å². The Bertz CT molecular complexity index is 750. The van der Waals surface area contributed by atoms with E-state index in [-0.39, 0.29) is 17.5 Å². The Morgan fingerprint density at radius 3 is 2.42 bits per heavy atom. The molecule has 0 aromatic heterocycles. The molecule has 2 rings (SSSR count). The van der Waals surface area contributed by atoms with Crippen LogP contribution in [0.1, 0.15) is 6.92 Å². The molecule has 2 amide bonds. The molecule has 2 aromatic carbocycles. The fourth-order valence-corrected chi connectivity index (χ4v) is 2.23. The zero-order valence-electron chi connectivity index (χ0n) is 13.2. The van der Waals surface area contributed by atoms with Crippen molar-refractivity contribution in [1.29, 1.82) is 0 Å². The summed E-state index contributed by atoms with van der Waals surface area (Å²) in [6.07, 6.45) is 0. The van der Waals surface area contributed by atoms with Crippen LogP contribution >= 0.6 is 11.6 Å². The molecule has 0 spiro atoms. The molecule has 0 heterocycles. The van der Waals surface area contributed by atoms with Gasteiger partial charge in [-0.05, 0) is 42.5 Å². The van der Waals surface area contributed by atoms with E-state index in [4.69, 9.17) is 16.3 Å². The first kappa shape index (κ1) is 17.7. The first-order valence-electron chi connectivity index (χ1n) is 7.07. The minimum Gasteiger partial charge on any atom is -0.497 e. The van der Waals surface area contributed by atoms with E-state index in [1.807, 2.05) is 0 Å². The normalized spacial score (nSPS) is 10.2. The molecule has 1 N–H and O–H groups in total. The van der Waals surface area contributed by atoms with Crippen LogP contribution in [0.5, 0.6) is 5.75 Å². The zero-order chi connectivity index (χ0) is 17.7. The van der Waals surface area contributed by atoms with Crippen LogP contribution in [-0.4, -0.2) is 25.5 Å². The molecular formula is C17H16ClFN2O3. The Morgan fingerprint density at radius 1 is 1.21 bits per heavy atom. The summed E-state index contributed by atoms with van der Waals surface area (Å²) in [5.74, 6) is -0.677. The van der Waals surface area contributed by atoms with Crippen molar-refractivity contribution in [3.63, 3.8) is 0 Å². The van der Waals surface area contributed by atoms with Gasteiger partial charge in [0.05, 0.1) is 12.1 Å². The Hall–Kier alpha value is -2.60. The molecule has 0 atom stereocenters. The van der Waals surface area contributed by atoms with E-state index in [1.54, 1.807) is 31.4 Å². The number of methoxy groups -OCH3 is 1. The van der Waals surface area contributed by atoms with Crippen molar-refractivity contribution in [1.82, 2.24) is 0 Å². The number of nitrogens with one attached hydrogen (secondary N) is 1. The standard InChI is InChI=1S/C17H16ClFN2O3/c1-11(22)21(13-5-8-16(19)15(18)9-13)10-17(23)20-12-3-6-14(24-2)7-4-12/h3-9H,10H2,1-2H3,(H,20,23). The number of halogens is 2. The number of rotatable bonds is 5. The van der Waals surface area contributed by atoms with Crippen LogP contribution < -0.4 is 15.0 Å². The van der Waals surface area contributed by atoms with Crippen molar-refractivity contribution < 1.29 is 18.7 Å². The maximum absolute atomic E-state index is 13.3. The molecule has 0 unspecified atom stereocenters. The van der Waals surface area contributed by atoms with Crippen molar-refractivity contribution in [2.75, 3.05) is 23.9 Å². The highest BCUT2D eigenvalue weighted by Gasteiger charge is 2.17. The third kappa shape index (κ3) is 4.45. The predicted molar refractivity (Wildman–Crippen MR) is 91.1 cm³/mol. The Balaban J connectivity index is 2.10. The maximum Gasteiger partial charge on any atom is 0.244 e. The molecule has 0 aliphatic rings. The van der Waals surface area contributed by atoms with Gasteiger partial charge in [0, 0.05) is 18.3 Å². The molecule has 5 nitrogen and oxygen atoms in total. The largest absolute Gasteiger partial charge is 0.497 e. The van der Waals surface area contributed by atoms with Gasteiger partial charge < -0.3 is 15.0 Å². The Kier molecular flexibility index (Phi) is 5.76. The SMILES string of the molecule is COc1ccc(NC(=O)CN(C(C)=O)c2ccc(F)c(Cl)c2)cc1. The molecular weight excluding hydrogens is 335 g/mol. The van der Waals surface area contributed by atoms with Crippen LogP contribution in [-0.2, 0) is 9.59 Å². The maximum atomic E-state index is 13.3. The molecule has 2 aromatic rings. The number of hydrogen-bond donors (Lipinski definition) is 1. The number of carbonyl (C=O) groups excluding carboxylic acids is 2. The summed E-state index contributed by atoms with van der Waals surface area (Å²) in [7, 11) is 1.55. The number of benzene rings is 2. The highest BCUT2D eigenvalue weighted by molar-refractivity contribution is 6.31. The van der Waals surface area contributed by atoms with E-state index in [2.05, 4.69) is 5.32 Å². The van der Waals surface area contributed by atoms with E-state index >= 15 is 0 Å². The molecule has 0 saturated carbocycles. The molecule has 7 heteroatoms. The number of nitrogens with zero attached hydrogens (tertiary/aromatic N) is 1. The van der Waals surface area contributed by atoms with Gasteiger partial charge in [-0.15, -0.1) is 0 Å². The number of hydrogen-bond acceptors (Lipinski definition) is 3. The monoisotopic (exact) mass is 350 g/mol. The first-order chi connectivity index (χ1) is 11.4. The second kappa shape index (κ2) is 7.79. The lowest BCUT2D eigenvalue weighted by Crippen LogP contribution is -2.36. The van der Waals surface area contributed by atoms with Gasteiger partial charge in [0.25, 0.3) is 0 Å². The fraction of sp³-hybridized carbons (Fsp3) is 0.176. The average molecular weight is 351 g/mol. The number of anilines is 2. The number of carbonyl (C=O) groups is 2. The molecule has 0 bridgehead atoms. The van der Waals surface area contributed by atoms with Crippen molar-refractivity contribution in [2.24, 2.45) is 0 Å². The van der Waals surface area contributed by atoms with Gasteiger partial charge in [-0.2, -0.15) is 0 Å². The van der Waals surface area contributed by atoms with E-state index in [0.717, 1.165) is 6.07 Å². The van der Waals surface area contributed by atoms with Gasteiger partial charge in [-0.25, -0.2) is 4.39 Å². The summed E-state index contributed by atoms with van der Waals surface area (Å²) in [6.45, 7) is 1.10. The summed E-state index contributed by atoms with van der Waals surface area (Å²) in [5.41, 5.74) is 0.917. The quantitative estimate of drug-likeness (QED) is 0.898. The smallest absolute Gasteiger partial charge is 0.244 e. The zero-order valence-corrected chi connectivity index (χ0v) is 13.9. The Morgan fingerprint density at radius 2 is 1.88 bits per heavy atom. The summed E-state index contributed by atoms with van der Waals surface area (Å²) >= 11 is 5.73. The highest BCUT2D eigenvalue weighted by atomic mass is 35.5. The predicted octanol–water partition coefficient (Wildman–Crippen LogP) is 3.48. The summed E-state index contributed by atoms with van der Waals surface area (Å²) in [5, 5.41) is 2.56. The molecule has 0 saturated heterocycles. The van der Waals surface area contributed by atoms with Crippen molar-refractivity contribution >= 4 is 34.8 Å². The van der Waals surface area contributed by atoms with Crippen LogP contribution in [0.4, 0.5) is 15.8 Å². The second-order valence-corrected chi connectivity index (χ2v) is 5.39. The van der Waals surface area contributed by atoms with E-state index < -0.39 is 11.7 Å². The topological polar surface area (TPSA) is 58.6 Å². The van der Waals surface area contributed by atoms with Gasteiger partial charge in [0.1, 0.15) is 18.1 Å². The van der Waals surface area contributed by atoms with Crippen molar-refractivity contribution in [3.05, 3.63) is 53.3 Å². The van der Waals surface area contributed by atoms with Gasteiger partial charge in [0.2, 0.25) is 11.8 Å². The highest BCUT2D eigenvalue weighted by Crippen LogP contribution is 2.23. The molecule has 0 radical (unpaired) electrons. The van der Waals surface area contributed by atoms with Crippen LogP contribution in [0.15, 0.2) is 42.5 Å². The van der Waals surface area contributed by atoms with Gasteiger partial charge in [0.15, 0.2) is 0 Å². The lowest BCUT2D eigenvalue weighted by molar-refractivity contribution is -0.120. The van der Waals surface area contributed by atoms with Crippen molar-refractivity contribution in [3.8, 4) is 5.75 Å². The van der Waals surface area contributed by atoms with E-state index in [1.165, 1.54) is 24.0 Å². The lowest BCUT2D eigenvalue weighted by atomic mass is 10.2. The summed E-state index contributed by atoms with van der Waals surface area (Å²) in [4.78, 5) is 25.2. The van der Waals surface area contributed by atoms with Crippen LogP contribution in [0, 0.1) is 5.82 Å². The molecule has 24 heavy (non-hydrogen) atoms. The van der Waals surface area contributed by atoms with E-state index in [0.29, 0.717) is 17.1 Å². The van der Waals surface area contributed by atoms with Crippen LogP contribution in [0.3, 0.4) is 0 Å². The number of ether oxygens (including phenoxy) is 1. The number of amides is 2. The Labute approximate surface area is 144 Å². The third-order valence-electron chi connectivity index (χ3n) is 3.27.